The highest BCUT2D eigenvalue weighted by Crippen LogP contribution is 2.38. The zero-order valence-corrected chi connectivity index (χ0v) is 9.71. The molecule has 0 N–H and O–H groups in total. The lowest BCUT2D eigenvalue weighted by Crippen LogP contribution is -1.84. The van der Waals surface area contributed by atoms with Gasteiger partial charge in [-0.15, -0.1) is 11.3 Å². The SMILES string of the molecule is CCc1sc2cc(Cl)ccc2c1OC. The molecule has 0 amide bonds. The average Bonchev–Trinajstić information content (AvgIpc) is 2.54. The molecule has 0 aliphatic carbocycles. The minimum atomic E-state index is 0.782. The fourth-order valence-electron chi connectivity index (χ4n) is 1.55. The molecule has 1 nitrogen and oxygen atoms in total. The van der Waals surface area contributed by atoms with E-state index >= 15 is 0 Å². The number of ether oxygens (including phenoxy) is 1. The van der Waals surface area contributed by atoms with Crippen molar-refractivity contribution in [2.24, 2.45) is 0 Å². The van der Waals surface area contributed by atoms with Gasteiger partial charge in [0.2, 0.25) is 0 Å². The molecule has 3 heteroatoms. The van der Waals surface area contributed by atoms with Crippen LogP contribution in [0.3, 0.4) is 0 Å². The Kier molecular flexibility index (Phi) is 2.66. The fourth-order valence-corrected chi connectivity index (χ4v) is 2.94. The standard InChI is InChI=1S/C11H11ClOS/c1-3-9-11(13-2)8-5-4-7(12)6-10(8)14-9/h4-6H,3H2,1-2H3. The maximum atomic E-state index is 5.93. The Morgan fingerprint density at radius 2 is 2.21 bits per heavy atom. The van der Waals surface area contributed by atoms with Crippen molar-refractivity contribution < 1.29 is 4.74 Å². The summed E-state index contributed by atoms with van der Waals surface area (Å²) in [6, 6.07) is 5.91. The predicted molar refractivity (Wildman–Crippen MR) is 62.8 cm³/mol. The first-order valence-electron chi connectivity index (χ1n) is 4.51. The quantitative estimate of drug-likeness (QED) is 0.749. The van der Waals surface area contributed by atoms with Crippen LogP contribution in [-0.4, -0.2) is 7.11 Å². The molecule has 0 aliphatic rings. The summed E-state index contributed by atoms with van der Waals surface area (Å²) in [5.41, 5.74) is 0. The normalized spacial score (nSPS) is 10.8. The van der Waals surface area contributed by atoms with Gasteiger partial charge in [-0.05, 0) is 24.6 Å². The molecule has 2 aromatic rings. The van der Waals surface area contributed by atoms with Crippen LogP contribution in [0.2, 0.25) is 5.02 Å². The summed E-state index contributed by atoms with van der Waals surface area (Å²) in [5, 5.41) is 1.95. The van der Waals surface area contributed by atoms with Crippen molar-refractivity contribution in [1.29, 1.82) is 0 Å². The molecule has 0 fully saturated rings. The number of halogens is 1. The molecule has 0 unspecified atom stereocenters. The molecule has 0 spiro atoms. The highest BCUT2D eigenvalue weighted by molar-refractivity contribution is 7.19. The van der Waals surface area contributed by atoms with Crippen molar-refractivity contribution in [2.45, 2.75) is 13.3 Å². The molecule has 0 saturated heterocycles. The van der Waals surface area contributed by atoms with E-state index in [1.54, 1.807) is 18.4 Å². The van der Waals surface area contributed by atoms with E-state index in [4.69, 9.17) is 16.3 Å². The molecule has 0 aliphatic heterocycles. The Morgan fingerprint density at radius 1 is 1.43 bits per heavy atom. The van der Waals surface area contributed by atoms with Gasteiger partial charge in [-0.3, -0.25) is 0 Å². The molecule has 1 aromatic heterocycles. The second kappa shape index (κ2) is 3.79. The molecule has 0 saturated carbocycles. The van der Waals surface area contributed by atoms with Gasteiger partial charge in [-0.1, -0.05) is 18.5 Å². The van der Waals surface area contributed by atoms with E-state index in [2.05, 4.69) is 6.92 Å². The van der Waals surface area contributed by atoms with E-state index in [1.165, 1.54) is 15.0 Å². The minimum Gasteiger partial charge on any atom is -0.495 e. The van der Waals surface area contributed by atoms with Gasteiger partial charge in [-0.25, -0.2) is 0 Å². The largest absolute Gasteiger partial charge is 0.495 e. The van der Waals surface area contributed by atoms with Crippen LogP contribution < -0.4 is 4.74 Å². The van der Waals surface area contributed by atoms with Gasteiger partial charge in [0.15, 0.2) is 0 Å². The van der Waals surface area contributed by atoms with Crippen molar-refractivity contribution in [1.82, 2.24) is 0 Å². The number of rotatable bonds is 2. The number of hydrogen-bond donors (Lipinski definition) is 0. The lowest BCUT2D eigenvalue weighted by atomic mass is 10.2. The highest BCUT2D eigenvalue weighted by atomic mass is 35.5. The Bertz CT molecular complexity index is 462. The van der Waals surface area contributed by atoms with E-state index in [-0.39, 0.29) is 0 Å². The summed E-state index contributed by atoms with van der Waals surface area (Å²) in [6.07, 6.45) is 1.00. The number of aryl methyl sites for hydroxylation is 1. The lowest BCUT2D eigenvalue weighted by molar-refractivity contribution is 0.417. The predicted octanol–water partition coefficient (Wildman–Crippen LogP) is 4.13. The number of hydrogen-bond acceptors (Lipinski definition) is 2. The van der Waals surface area contributed by atoms with Crippen molar-refractivity contribution in [3.05, 3.63) is 28.1 Å². The summed E-state index contributed by atoms with van der Waals surface area (Å²) in [5.74, 6) is 1.00. The third-order valence-electron chi connectivity index (χ3n) is 2.20. The molecule has 0 radical (unpaired) electrons. The van der Waals surface area contributed by atoms with Gasteiger partial charge >= 0.3 is 0 Å². The number of benzene rings is 1. The van der Waals surface area contributed by atoms with Crippen LogP contribution in [0.4, 0.5) is 0 Å². The monoisotopic (exact) mass is 226 g/mol. The summed E-state index contributed by atoms with van der Waals surface area (Å²) >= 11 is 7.69. The molecule has 2 rings (SSSR count). The van der Waals surface area contributed by atoms with Crippen LogP contribution in [0.5, 0.6) is 5.75 Å². The van der Waals surface area contributed by atoms with Gasteiger partial charge in [0.1, 0.15) is 5.75 Å². The van der Waals surface area contributed by atoms with Crippen LogP contribution in [0, 0.1) is 0 Å². The van der Waals surface area contributed by atoms with Crippen molar-refractivity contribution in [3.63, 3.8) is 0 Å². The van der Waals surface area contributed by atoms with Crippen molar-refractivity contribution >= 4 is 33.0 Å². The Morgan fingerprint density at radius 3 is 2.86 bits per heavy atom. The molecular formula is C11H11ClOS. The molecule has 0 bridgehead atoms. The number of fused-ring (bicyclic) bond motifs is 1. The first-order valence-corrected chi connectivity index (χ1v) is 5.70. The summed E-state index contributed by atoms with van der Waals surface area (Å²) < 4.78 is 6.60. The molecule has 1 heterocycles. The van der Waals surface area contributed by atoms with Crippen molar-refractivity contribution in [3.8, 4) is 5.75 Å². The zero-order valence-electron chi connectivity index (χ0n) is 8.13. The van der Waals surface area contributed by atoms with E-state index < -0.39 is 0 Å². The van der Waals surface area contributed by atoms with E-state index in [9.17, 15) is 0 Å². The summed E-state index contributed by atoms with van der Waals surface area (Å²) in [6.45, 7) is 2.13. The van der Waals surface area contributed by atoms with Gasteiger partial charge in [0, 0.05) is 20.0 Å². The zero-order chi connectivity index (χ0) is 10.1. The maximum absolute atomic E-state index is 5.93. The lowest BCUT2D eigenvalue weighted by Gasteiger charge is -1.99. The van der Waals surface area contributed by atoms with Crippen LogP contribution in [0.25, 0.3) is 10.1 Å². The Hall–Kier alpha value is -0.730. The first kappa shape index (κ1) is 9.81. The van der Waals surface area contributed by atoms with Crippen LogP contribution >= 0.6 is 22.9 Å². The smallest absolute Gasteiger partial charge is 0.140 e. The van der Waals surface area contributed by atoms with Gasteiger partial charge in [0.05, 0.1) is 7.11 Å². The Labute approximate surface area is 92.3 Å². The van der Waals surface area contributed by atoms with E-state index in [0.717, 1.165) is 17.2 Å². The van der Waals surface area contributed by atoms with Gasteiger partial charge in [-0.2, -0.15) is 0 Å². The Balaban J connectivity index is 2.73. The average molecular weight is 227 g/mol. The van der Waals surface area contributed by atoms with Crippen LogP contribution in [0.1, 0.15) is 11.8 Å². The summed E-state index contributed by atoms with van der Waals surface area (Å²) in [4.78, 5) is 1.28. The number of thiophene rings is 1. The second-order valence-corrected chi connectivity index (χ2v) is 4.63. The third kappa shape index (κ3) is 1.49. The molecule has 14 heavy (non-hydrogen) atoms. The van der Waals surface area contributed by atoms with E-state index in [1.807, 2.05) is 18.2 Å². The van der Waals surface area contributed by atoms with E-state index in [0.29, 0.717) is 0 Å². The second-order valence-electron chi connectivity index (χ2n) is 3.05. The third-order valence-corrected chi connectivity index (χ3v) is 3.71. The number of methoxy groups -OCH3 is 1. The van der Waals surface area contributed by atoms with Gasteiger partial charge in [0.25, 0.3) is 0 Å². The maximum Gasteiger partial charge on any atom is 0.140 e. The highest BCUT2D eigenvalue weighted by Gasteiger charge is 2.10. The fraction of sp³-hybridized carbons (Fsp3) is 0.273. The van der Waals surface area contributed by atoms with Crippen molar-refractivity contribution in [2.75, 3.05) is 7.11 Å². The first-order chi connectivity index (χ1) is 6.76. The van der Waals surface area contributed by atoms with Crippen LogP contribution in [-0.2, 0) is 6.42 Å². The molecule has 74 valence electrons. The van der Waals surface area contributed by atoms with Gasteiger partial charge < -0.3 is 4.74 Å². The van der Waals surface area contributed by atoms with Crippen LogP contribution in [0.15, 0.2) is 18.2 Å². The molecule has 1 aromatic carbocycles. The molecule has 0 atom stereocenters. The minimum absolute atomic E-state index is 0.782. The molecular weight excluding hydrogens is 216 g/mol. The summed E-state index contributed by atoms with van der Waals surface area (Å²) in [7, 11) is 1.72. The topological polar surface area (TPSA) is 9.23 Å².